The number of nitrogens with zero attached hydrogens (tertiary/aromatic N) is 1. The minimum absolute atomic E-state index is 0.0686. The first-order chi connectivity index (χ1) is 15.8. The molecule has 0 fully saturated rings. The lowest BCUT2D eigenvalue weighted by Crippen LogP contribution is -2.44. The highest BCUT2D eigenvalue weighted by molar-refractivity contribution is 9.10. The summed E-state index contributed by atoms with van der Waals surface area (Å²) in [4.78, 5) is 37.8. The fourth-order valence-electron chi connectivity index (χ4n) is 3.45. The van der Waals surface area contributed by atoms with Crippen molar-refractivity contribution in [3.63, 3.8) is 0 Å². The smallest absolute Gasteiger partial charge is 0.319 e. The Balaban J connectivity index is 1.90. The number of nitriles is 1. The molecule has 33 heavy (non-hydrogen) atoms. The van der Waals surface area contributed by atoms with Gasteiger partial charge >= 0.3 is 5.97 Å². The van der Waals surface area contributed by atoms with Crippen LogP contribution in [0.2, 0.25) is 5.02 Å². The van der Waals surface area contributed by atoms with Crippen LogP contribution in [0.1, 0.15) is 17.0 Å². The van der Waals surface area contributed by atoms with E-state index in [0.29, 0.717) is 16.3 Å². The number of carbonyl (C=O) groups excluding carboxylic acids is 3. The highest BCUT2D eigenvalue weighted by Gasteiger charge is 2.44. The van der Waals surface area contributed by atoms with Crippen molar-refractivity contribution in [3.05, 3.63) is 73.7 Å². The molecule has 0 unspecified atom stereocenters. The number of allylic oxidation sites excluding steroid dienone is 1. The average molecular weight is 549 g/mol. The maximum atomic E-state index is 12.9. The SMILES string of the molecule is COC(=O)[C@H]1C(=O)NC(SCC(=O)Nc2cccc(Cl)c2C)=C(C#N)[C@H]1c1cccc(Br)c1. The van der Waals surface area contributed by atoms with Gasteiger partial charge < -0.3 is 15.4 Å². The maximum Gasteiger partial charge on any atom is 0.319 e. The summed E-state index contributed by atoms with van der Waals surface area (Å²) in [6.07, 6.45) is 0. The third kappa shape index (κ3) is 5.58. The van der Waals surface area contributed by atoms with Crippen LogP contribution in [0.3, 0.4) is 0 Å². The van der Waals surface area contributed by atoms with Crippen molar-refractivity contribution in [1.82, 2.24) is 5.32 Å². The monoisotopic (exact) mass is 547 g/mol. The first kappa shape index (κ1) is 24.8. The predicted octanol–water partition coefficient (Wildman–Crippen LogP) is 4.52. The Bertz CT molecular complexity index is 1190. The van der Waals surface area contributed by atoms with Gasteiger partial charge in [-0.3, -0.25) is 14.4 Å². The molecular weight excluding hydrogens is 530 g/mol. The lowest BCUT2D eigenvalue weighted by Gasteiger charge is -2.31. The second-order valence-corrected chi connectivity index (χ2v) is 9.44. The summed E-state index contributed by atoms with van der Waals surface area (Å²) in [5.41, 5.74) is 2.09. The first-order valence-corrected chi connectivity index (χ1v) is 11.9. The van der Waals surface area contributed by atoms with Gasteiger partial charge in [0.05, 0.1) is 29.5 Å². The van der Waals surface area contributed by atoms with Crippen LogP contribution in [0.15, 0.2) is 57.5 Å². The Morgan fingerprint density at radius 2 is 2.03 bits per heavy atom. The van der Waals surface area contributed by atoms with Gasteiger partial charge in [-0.1, -0.05) is 57.5 Å². The molecular formula is C23H19BrClN3O4S. The molecule has 0 spiro atoms. The van der Waals surface area contributed by atoms with Gasteiger partial charge in [-0.25, -0.2) is 0 Å². The molecule has 1 aliphatic heterocycles. The molecule has 1 aliphatic rings. The normalized spacial score (nSPS) is 17.7. The summed E-state index contributed by atoms with van der Waals surface area (Å²) in [7, 11) is 1.19. The van der Waals surface area contributed by atoms with Crippen molar-refractivity contribution in [2.75, 3.05) is 18.2 Å². The zero-order valence-electron chi connectivity index (χ0n) is 17.6. The molecule has 7 nitrogen and oxygen atoms in total. The molecule has 1 heterocycles. The van der Waals surface area contributed by atoms with Crippen molar-refractivity contribution in [3.8, 4) is 6.07 Å². The number of benzene rings is 2. The molecule has 0 aromatic heterocycles. The largest absolute Gasteiger partial charge is 0.468 e. The zero-order chi connectivity index (χ0) is 24.1. The molecule has 2 aromatic rings. The van der Waals surface area contributed by atoms with Crippen molar-refractivity contribution < 1.29 is 19.1 Å². The van der Waals surface area contributed by atoms with E-state index < -0.39 is 23.7 Å². The Morgan fingerprint density at radius 3 is 2.70 bits per heavy atom. The van der Waals surface area contributed by atoms with E-state index in [1.165, 1.54) is 7.11 Å². The van der Waals surface area contributed by atoms with E-state index in [4.69, 9.17) is 16.3 Å². The lowest BCUT2D eigenvalue weighted by molar-refractivity contribution is -0.150. The maximum absolute atomic E-state index is 12.9. The van der Waals surface area contributed by atoms with E-state index >= 15 is 0 Å². The van der Waals surface area contributed by atoms with E-state index in [-0.39, 0.29) is 22.3 Å². The van der Waals surface area contributed by atoms with Gasteiger partial charge in [-0.05, 0) is 42.3 Å². The molecule has 0 bridgehead atoms. The zero-order valence-corrected chi connectivity index (χ0v) is 20.8. The molecule has 2 N–H and O–H groups in total. The molecule has 0 saturated carbocycles. The predicted molar refractivity (Wildman–Crippen MR) is 130 cm³/mol. The minimum atomic E-state index is -1.23. The number of hydrogen-bond donors (Lipinski definition) is 2. The van der Waals surface area contributed by atoms with Crippen molar-refractivity contribution >= 4 is 62.8 Å². The van der Waals surface area contributed by atoms with Crippen LogP contribution in [0, 0.1) is 24.2 Å². The van der Waals surface area contributed by atoms with Gasteiger partial charge in [-0.15, -0.1) is 0 Å². The van der Waals surface area contributed by atoms with E-state index in [1.54, 1.807) is 49.4 Å². The first-order valence-electron chi connectivity index (χ1n) is 9.73. The number of methoxy groups -OCH3 is 1. The number of halogens is 2. The molecule has 0 saturated heterocycles. The summed E-state index contributed by atoms with van der Waals surface area (Å²) >= 11 is 10.5. The Hall–Kier alpha value is -2.80. The summed E-state index contributed by atoms with van der Waals surface area (Å²) in [5.74, 6) is -3.83. The number of esters is 1. The van der Waals surface area contributed by atoms with Gasteiger partial charge in [0.15, 0.2) is 0 Å². The fraction of sp³-hybridized carbons (Fsp3) is 0.217. The third-order valence-corrected chi connectivity index (χ3v) is 7.00. The van der Waals surface area contributed by atoms with Crippen molar-refractivity contribution in [2.45, 2.75) is 12.8 Å². The molecule has 2 atom stereocenters. The van der Waals surface area contributed by atoms with Crippen LogP contribution >= 0.6 is 39.3 Å². The van der Waals surface area contributed by atoms with E-state index in [0.717, 1.165) is 21.8 Å². The van der Waals surface area contributed by atoms with Crippen LogP contribution < -0.4 is 10.6 Å². The number of amides is 2. The molecule has 2 aromatic carbocycles. The Kier molecular flexibility index (Phi) is 8.19. The molecule has 10 heteroatoms. The number of nitrogens with one attached hydrogen (secondary N) is 2. The summed E-state index contributed by atoms with van der Waals surface area (Å²) in [5, 5.41) is 16.1. The standard InChI is InChI=1S/C23H19BrClN3O4S/c1-12-16(25)7-4-8-17(12)27-18(29)11-33-22-15(10-26)19(13-5-3-6-14(24)9-13)20(21(30)28-22)23(31)32-2/h3-9,19-20H,11H2,1-2H3,(H,27,29)(H,28,30)/t19-,20-/m1/s1. The number of anilines is 1. The van der Waals surface area contributed by atoms with E-state index in [1.807, 2.05) is 0 Å². The molecule has 0 radical (unpaired) electrons. The fourth-order valence-corrected chi connectivity index (χ4v) is 4.89. The second kappa shape index (κ2) is 10.9. The van der Waals surface area contributed by atoms with Gasteiger partial charge in [-0.2, -0.15) is 5.26 Å². The van der Waals surface area contributed by atoms with Gasteiger partial charge in [0.1, 0.15) is 5.92 Å². The number of hydrogen-bond acceptors (Lipinski definition) is 6. The third-order valence-electron chi connectivity index (χ3n) is 5.08. The van der Waals surface area contributed by atoms with Crippen LogP contribution in [-0.4, -0.2) is 30.6 Å². The number of ether oxygens (including phenoxy) is 1. The molecule has 170 valence electrons. The summed E-state index contributed by atoms with van der Waals surface area (Å²) in [6.45, 7) is 1.79. The number of thioether (sulfide) groups is 1. The van der Waals surface area contributed by atoms with Crippen LogP contribution in [0.4, 0.5) is 5.69 Å². The van der Waals surface area contributed by atoms with Gasteiger partial charge in [0.2, 0.25) is 11.8 Å². The second-order valence-electron chi connectivity index (χ2n) is 7.13. The minimum Gasteiger partial charge on any atom is -0.468 e. The quantitative estimate of drug-likeness (QED) is 0.406. The topological polar surface area (TPSA) is 108 Å². The van der Waals surface area contributed by atoms with Crippen LogP contribution in [-0.2, 0) is 19.1 Å². The molecule has 2 amide bonds. The van der Waals surface area contributed by atoms with Gasteiger partial charge in [0, 0.05) is 21.1 Å². The summed E-state index contributed by atoms with van der Waals surface area (Å²) < 4.78 is 5.56. The Morgan fingerprint density at radius 1 is 1.30 bits per heavy atom. The summed E-state index contributed by atoms with van der Waals surface area (Å²) in [6, 6.07) is 14.3. The average Bonchev–Trinajstić information content (AvgIpc) is 2.79. The highest BCUT2D eigenvalue weighted by atomic mass is 79.9. The van der Waals surface area contributed by atoms with Crippen molar-refractivity contribution in [1.29, 1.82) is 5.26 Å². The number of rotatable bonds is 6. The molecule has 0 aliphatic carbocycles. The van der Waals surface area contributed by atoms with E-state index in [9.17, 15) is 19.6 Å². The lowest BCUT2D eigenvalue weighted by atomic mass is 9.78. The van der Waals surface area contributed by atoms with Crippen LogP contribution in [0.25, 0.3) is 0 Å². The van der Waals surface area contributed by atoms with Crippen LogP contribution in [0.5, 0.6) is 0 Å². The van der Waals surface area contributed by atoms with E-state index in [2.05, 4.69) is 32.6 Å². The van der Waals surface area contributed by atoms with Gasteiger partial charge in [0.25, 0.3) is 0 Å². The number of carbonyl (C=O) groups is 3. The molecule has 3 rings (SSSR count). The Labute approximate surface area is 208 Å². The highest BCUT2D eigenvalue weighted by Crippen LogP contribution is 2.40. The van der Waals surface area contributed by atoms with Crippen molar-refractivity contribution in [2.24, 2.45) is 5.92 Å².